The summed E-state index contributed by atoms with van der Waals surface area (Å²) in [6.07, 6.45) is 6.12. The highest BCUT2D eigenvalue weighted by molar-refractivity contribution is 5.47. The molecule has 0 atom stereocenters. The molecular formula is C11H13N5. The van der Waals surface area contributed by atoms with Crippen molar-refractivity contribution in [2.75, 3.05) is 11.9 Å². The van der Waals surface area contributed by atoms with E-state index in [-0.39, 0.29) is 0 Å². The lowest BCUT2D eigenvalue weighted by Gasteiger charge is -2.04. The van der Waals surface area contributed by atoms with Crippen LogP contribution in [0.2, 0.25) is 0 Å². The smallest absolute Gasteiger partial charge is 0.199 e. The van der Waals surface area contributed by atoms with Crippen LogP contribution in [0, 0.1) is 0 Å². The Bertz CT molecular complexity index is 443. The van der Waals surface area contributed by atoms with Gasteiger partial charge in [0, 0.05) is 25.1 Å². The van der Waals surface area contributed by atoms with E-state index in [2.05, 4.69) is 32.2 Å². The van der Waals surface area contributed by atoms with E-state index in [4.69, 9.17) is 0 Å². The lowest BCUT2D eigenvalue weighted by atomic mass is 10.4. The zero-order chi connectivity index (χ0) is 11.2. The molecule has 2 heterocycles. The predicted octanol–water partition coefficient (Wildman–Crippen LogP) is 1.76. The summed E-state index contributed by atoms with van der Waals surface area (Å²) in [4.78, 5) is 16.7. The van der Waals surface area contributed by atoms with Crippen molar-refractivity contribution in [3.05, 3.63) is 30.7 Å². The first kappa shape index (κ1) is 10.5. The summed E-state index contributed by atoms with van der Waals surface area (Å²) < 4.78 is 0. The van der Waals surface area contributed by atoms with E-state index in [1.54, 1.807) is 24.7 Å². The molecule has 1 N–H and O–H groups in total. The van der Waals surface area contributed by atoms with Gasteiger partial charge in [0.1, 0.15) is 5.82 Å². The first-order chi connectivity index (χ1) is 7.90. The second-order valence-electron chi connectivity index (χ2n) is 3.26. The van der Waals surface area contributed by atoms with Gasteiger partial charge in [-0.25, -0.2) is 19.9 Å². The van der Waals surface area contributed by atoms with Gasteiger partial charge >= 0.3 is 0 Å². The first-order valence-corrected chi connectivity index (χ1v) is 5.24. The fraction of sp³-hybridized carbons (Fsp3) is 0.273. The van der Waals surface area contributed by atoms with Crippen LogP contribution in [-0.4, -0.2) is 26.5 Å². The molecule has 0 aliphatic heterocycles. The van der Waals surface area contributed by atoms with Crippen LogP contribution in [0.25, 0.3) is 11.6 Å². The highest BCUT2D eigenvalue weighted by Crippen LogP contribution is 2.10. The Labute approximate surface area is 94.0 Å². The third kappa shape index (κ3) is 2.50. The molecule has 0 aromatic carbocycles. The maximum Gasteiger partial charge on any atom is 0.199 e. The topological polar surface area (TPSA) is 63.6 Å². The minimum Gasteiger partial charge on any atom is -0.370 e. The molecule has 5 nitrogen and oxygen atoms in total. The Morgan fingerprint density at radius 3 is 2.56 bits per heavy atom. The Balaban J connectivity index is 2.22. The van der Waals surface area contributed by atoms with Gasteiger partial charge in [0.05, 0.1) is 0 Å². The van der Waals surface area contributed by atoms with E-state index in [0.717, 1.165) is 18.8 Å². The van der Waals surface area contributed by atoms with Gasteiger partial charge in [0.15, 0.2) is 11.6 Å². The van der Waals surface area contributed by atoms with Gasteiger partial charge in [-0.1, -0.05) is 6.92 Å². The zero-order valence-electron chi connectivity index (χ0n) is 9.09. The fourth-order valence-electron chi connectivity index (χ4n) is 1.23. The third-order valence-corrected chi connectivity index (χ3v) is 1.98. The molecule has 0 amide bonds. The highest BCUT2D eigenvalue weighted by atomic mass is 15.1. The average molecular weight is 215 g/mol. The summed E-state index contributed by atoms with van der Waals surface area (Å²) in [6, 6.07) is 3.60. The number of nitrogens with one attached hydrogen (secondary N) is 1. The minimum absolute atomic E-state index is 0.543. The largest absolute Gasteiger partial charge is 0.370 e. The molecule has 0 fully saturated rings. The Morgan fingerprint density at radius 2 is 1.81 bits per heavy atom. The fourth-order valence-corrected chi connectivity index (χ4v) is 1.23. The highest BCUT2D eigenvalue weighted by Gasteiger charge is 2.03. The van der Waals surface area contributed by atoms with Gasteiger partial charge in [0.2, 0.25) is 0 Å². The van der Waals surface area contributed by atoms with Crippen LogP contribution in [0.5, 0.6) is 0 Å². The van der Waals surface area contributed by atoms with Gasteiger partial charge in [0.25, 0.3) is 0 Å². The Kier molecular flexibility index (Phi) is 3.38. The molecular weight excluding hydrogens is 202 g/mol. The molecule has 0 saturated heterocycles. The van der Waals surface area contributed by atoms with Gasteiger partial charge < -0.3 is 5.32 Å². The van der Waals surface area contributed by atoms with Crippen LogP contribution in [0.3, 0.4) is 0 Å². The van der Waals surface area contributed by atoms with Crippen molar-refractivity contribution >= 4 is 5.82 Å². The molecule has 2 rings (SSSR count). The number of aromatic nitrogens is 4. The monoisotopic (exact) mass is 215 g/mol. The maximum atomic E-state index is 4.33. The SMILES string of the molecule is CCCNc1ccnc(-c2ncccn2)n1. The van der Waals surface area contributed by atoms with Crippen molar-refractivity contribution in [1.82, 2.24) is 19.9 Å². The molecule has 0 aliphatic carbocycles. The van der Waals surface area contributed by atoms with Crippen molar-refractivity contribution in [2.45, 2.75) is 13.3 Å². The van der Waals surface area contributed by atoms with Crippen molar-refractivity contribution in [3.63, 3.8) is 0 Å². The summed E-state index contributed by atoms with van der Waals surface area (Å²) >= 11 is 0. The molecule has 2 aromatic rings. The van der Waals surface area contributed by atoms with Gasteiger partial charge in [-0.2, -0.15) is 0 Å². The molecule has 0 spiro atoms. The third-order valence-electron chi connectivity index (χ3n) is 1.98. The van der Waals surface area contributed by atoms with E-state index in [1.165, 1.54) is 0 Å². The standard InChI is InChI=1S/C11H13N5/c1-2-5-12-9-4-8-15-11(16-9)10-13-6-3-7-14-10/h3-4,6-8H,2,5H2,1H3,(H,12,15,16). The second kappa shape index (κ2) is 5.16. The Hall–Kier alpha value is -2.04. The molecule has 5 heteroatoms. The Morgan fingerprint density at radius 1 is 1.06 bits per heavy atom. The number of rotatable bonds is 4. The number of nitrogens with zero attached hydrogens (tertiary/aromatic N) is 4. The van der Waals surface area contributed by atoms with E-state index in [9.17, 15) is 0 Å². The van der Waals surface area contributed by atoms with Crippen molar-refractivity contribution in [3.8, 4) is 11.6 Å². The van der Waals surface area contributed by atoms with E-state index in [1.807, 2.05) is 6.07 Å². The van der Waals surface area contributed by atoms with Crippen LogP contribution < -0.4 is 5.32 Å². The second-order valence-corrected chi connectivity index (χ2v) is 3.26. The number of hydrogen-bond acceptors (Lipinski definition) is 5. The normalized spacial score (nSPS) is 10.1. The quantitative estimate of drug-likeness (QED) is 0.841. The summed E-state index contributed by atoms with van der Waals surface area (Å²) in [5, 5.41) is 3.20. The molecule has 0 radical (unpaired) electrons. The summed E-state index contributed by atoms with van der Waals surface area (Å²) in [5.41, 5.74) is 0. The molecule has 16 heavy (non-hydrogen) atoms. The lowest BCUT2D eigenvalue weighted by Crippen LogP contribution is -2.03. The predicted molar refractivity (Wildman–Crippen MR) is 61.8 cm³/mol. The van der Waals surface area contributed by atoms with Crippen LogP contribution in [0.1, 0.15) is 13.3 Å². The van der Waals surface area contributed by atoms with Crippen LogP contribution in [0.4, 0.5) is 5.82 Å². The van der Waals surface area contributed by atoms with Crippen LogP contribution >= 0.6 is 0 Å². The van der Waals surface area contributed by atoms with Crippen molar-refractivity contribution < 1.29 is 0 Å². The molecule has 0 aliphatic rings. The molecule has 0 bridgehead atoms. The molecule has 0 saturated carbocycles. The van der Waals surface area contributed by atoms with Crippen molar-refractivity contribution in [2.24, 2.45) is 0 Å². The van der Waals surface area contributed by atoms with Gasteiger partial charge in [-0.15, -0.1) is 0 Å². The zero-order valence-corrected chi connectivity index (χ0v) is 9.09. The lowest BCUT2D eigenvalue weighted by molar-refractivity contribution is 0.963. The summed E-state index contributed by atoms with van der Waals surface area (Å²) in [6.45, 7) is 3.00. The molecule has 2 aromatic heterocycles. The molecule has 0 unspecified atom stereocenters. The van der Waals surface area contributed by atoms with E-state index < -0.39 is 0 Å². The molecule has 82 valence electrons. The van der Waals surface area contributed by atoms with Gasteiger partial charge in [-0.3, -0.25) is 0 Å². The van der Waals surface area contributed by atoms with Crippen molar-refractivity contribution in [1.29, 1.82) is 0 Å². The maximum absolute atomic E-state index is 4.33. The minimum atomic E-state index is 0.543. The summed E-state index contributed by atoms with van der Waals surface area (Å²) in [5.74, 6) is 1.89. The van der Waals surface area contributed by atoms with Gasteiger partial charge in [-0.05, 0) is 18.6 Å². The average Bonchev–Trinajstić information content (AvgIpc) is 2.38. The van der Waals surface area contributed by atoms with E-state index in [0.29, 0.717) is 11.6 Å². The van der Waals surface area contributed by atoms with E-state index >= 15 is 0 Å². The number of hydrogen-bond donors (Lipinski definition) is 1. The van der Waals surface area contributed by atoms with Crippen LogP contribution in [0.15, 0.2) is 30.7 Å². The summed E-state index contributed by atoms with van der Waals surface area (Å²) in [7, 11) is 0. The number of anilines is 1. The van der Waals surface area contributed by atoms with Crippen LogP contribution in [-0.2, 0) is 0 Å². The first-order valence-electron chi connectivity index (χ1n) is 5.24.